The molecule has 4 heteroatoms. The molecule has 0 unspecified atom stereocenters. The minimum Gasteiger partial charge on any atom is -0.455 e. The molecule has 4 nitrogen and oxygen atoms in total. The van der Waals surface area contributed by atoms with Crippen LogP contribution in [0.15, 0.2) is 197 Å². The molecule has 0 spiro atoms. The number of rotatable bonds is 5. The van der Waals surface area contributed by atoms with Gasteiger partial charge in [-0.05, 0) is 97.5 Å². The molecule has 0 radical (unpaired) electrons. The summed E-state index contributed by atoms with van der Waals surface area (Å²) < 4.78 is 53.5. The number of para-hydroxylation sites is 1. The summed E-state index contributed by atoms with van der Waals surface area (Å²) in [5, 5.41) is 12.8. The Morgan fingerprint density at radius 2 is 1.07 bits per heavy atom. The van der Waals surface area contributed by atoms with Crippen LogP contribution in [-0.2, 0) is 0 Å². The molecule has 0 aliphatic carbocycles. The van der Waals surface area contributed by atoms with Crippen molar-refractivity contribution in [2.75, 3.05) is 0 Å². The summed E-state index contributed by atoms with van der Waals surface area (Å²) in [7, 11) is 0. The van der Waals surface area contributed by atoms with E-state index < -0.39 is 6.04 Å². The fraction of sp³-hybridized carbons (Fsp3) is 0. The summed E-state index contributed by atoms with van der Waals surface area (Å²) in [5.41, 5.74) is 6.46. The van der Waals surface area contributed by atoms with E-state index in [1.165, 1.54) is 32.3 Å². The van der Waals surface area contributed by atoms with Crippen LogP contribution < -0.4 is 9.98 Å². The first-order valence-electron chi connectivity index (χ1n) is 20.7. The van der Waals surface area contributed by atoms with Gasteiger partial charge in [-0.15, -0.1) is 0 Å². The van der Waals surface area contributed by atoms with Crippen molar-refractivity contribution in [2.24, 2.45) is 4.99 Å². The first-order valence-corrected chi connectivity index (χ1v) is 18.2. The van der Waals surface area contributed by atoms with Crippen molar-refractivity contribution in [3.8, 4) is 22.3 Å². The number of nitrogens with one attached hydrogen (secondary N) is 1. The van der Waals surface area contributed by atoms with Gasteiger partial charge < -0.3 is 4.42 Å². The molecule has 0 saturated carbocycles. The van der Waals surface area contributed by atoms with Gasteiger partial charge in [0.05, 0.1) is 23.5 Å². The Labute approximate surface area is 324 Å². The summed E-state index contributed by atoms with van der Waals surface area (Å²) >= 11 is 0. The molecule has 0 saturated heterocycles. The monoisotopic (exact) mass is 707 g/mol. The van der Waals surface area contributed by atoms with E-state index in [1.807, 2.05) is 48.5 Å². The molecule has 11 rings (SSSR count). The van der Waals surface area contributed by atoms with Crippen molar-refractivity contribution in [1.82, 2.24) is 9.98 Å². The van der Waals surface area contributed by atoms with Crippen molar-refractivity contribution in [3.05, 3.63) is 205 Å². The topological polar surface area (TPSA) is 51.6 Å². The number of nitrogens with zero attached hydrogens (tertiary/aromatic N) is 2. The van der Waals surface area contributed by atoms with Crippen LogP contribution in [0.25, 0.3) is 76.5 Å². The zero-order valence-electron chi connectivity index (χ0n) is 34.3. The van der Waals surface area contributed by atoms with Crippen LogP contribution in [0.2, 0.25) is 0 Å². The molecule has 0 atom stereocenters. The molecule has 0 fully saturated rings. The smallest absolute Gasteiger partial charge is 0.360 e. The van der Waals surface area contributed by atoms with Crippen LogP contribution in [0.1, 0.15) is 23.5 Å². The number of hydrogen-bond acceptors (Lipinski definition) is 3. The SMILES string of the molecule is [2H]c1c([2H])c([2H])c(-c2cccc(C3=NC(c4ccccc4)=[N+]=C(c4ccc5c(c4)oc4c(-c6ccc7c8ccccc8c8ccccc8c7c6)cccc45)N3)c2)c([2H])c1[2H]. The van der Waals surface area contributed by atoms with E-state index in [9.17, 15) is 0 Å². The maximum atomic E-state index is 8.58. The van der Waals surface area contributed by atoms with Crippen molar-refractivity contribution < 1.29 is 11.3 Å². The summed E-state index contributed by atoms with van der Waals surface area (Å²) in [6.45, 7) is 0. The molecule has 0 amide bonds. The van der Waals surface area contributed by atoms with Crippen LogP contribution in [0.5, 0.6) is 0 Å². The third kappa shape index (κ3) is 5.24. The zero-order valence-corrected chi connectivity index (χ0v) is 29.3. The third-order valence-electron chi connectivity index (χ3n) is 10.5. The quantitative estimate of drug-likeness (QED) is 0.143. The third-order valence-corrected chi connectivity index (χ3v) is 10.5. The van der Waals surface area contributed by atoms with Crippen LogP contribution in [0, 0.1) is 0 Å². The van der Waals surface area contributed by atoms with Gasteiger partial charge in [-0.3, -0.25) is 0 Å². The molecule has 0 bridgehead atoms. The molecule has 256 valence electrons. The first-order chi connectivity index (χ1) is 29.3. The highest BCUT2D eigenvalue weighted by molar-refractivity contribution is 6.26. The fourth-order valence-corrected chi connectivity index (χ4v) is 7.86. The van der Waals surface area contributed by atoms with Crippen molar-refractivity contribution in [2.45, 2.75) is 0 Å². The number of benzene rings is 9. The molecule has 2 heterocycles. The van der Waals surface area contributed by atoms with Gasteiger partial charge in [0.25, 0.3) is 5.84 Å². The minimum absolute atomic E-state index is 0.126. The lowest BCUT2D eigenvalue weighted by Gasteiger charge is -2.12. The second-order valence-electron chi connectivity index (χ2n) is 13.7. The maximum Gasteiger partial charge on any atom is 0.360 e. The van der Waals surface area contributed by atoms with Crippen LogP contribution in [0.4, 0.5) is 0 Å². The Balaban J connectivity index is 1.02. The first kappa shape index (κ1) is 26.3. The van der Waals surface area contributed by atoms with E-state index in [-0.39, 0.29) is 29.7 Å². The molecule has 10 aromatic rings. The minimum atomic E-state index is -0.430. The molecule has 9 aromatic carbocycles. The number of aliphatic imine (C=N–C) groups is 1. The van der Waals surface area contributed by atoms with Crippen molar-refractivity contribution in [1.29, 1.82) is 0 Å². The second-order valence-corrected chi connectivity index (χ2v) is 13.7. The van der Waals surface area contributed by atoms with Gasteiger partial charge in [-0.25, -0.2) is 9.98 Å². The number of amidine groups is 3. The Hall–Kier alpha value is -7.52. The van der Waals surface area contributed by atoms with Gasteiger partial charge in [-0.1, -0.05) is 144 Å². The second kappa shape index (κ2) is 12.6. The predicted octanol–water partition coefficient (Wildman–Crippen LogP) is 11.7. The van der Waals surface area contributed by atoms with Gasteiger partial charge in [0.2, 0.25) is 0 Å². The van der Waals surface area contributed by atoms with E-state index >= 15 is 0 Å². The summed E-state index contributed by atoms with van der Waals surface area (Å²) in [5.74, 6) is 1.55. The predicted molar refractivity (Wildman–Crippen MR) is 230 cm³/mol. The lowest BCUT2D eigenvalue weighted by molar-refractivity contribution is 0.670. The highest BCUT2D eigenvalue weighted by Crippen LogP contribution is 2.40. The maximum absolute atomic E-state index is 8.58. The molecule has 1 aliphatic heterocycles. The van der Waals surface area contributed by atoms with Gasteiger partial charge in [0.1, 0.15) is 11.2 Å². The van der Waals surface area contributed by atoms with Gasteiger partial charge in [0, 0.05) is 16.3 Å². The van der Waals surface area contributed by atoms with Crippen LogP contribution in [-0.4, -0.2) is 17.5 Å². The Kier molecular flexibility index (Phi) is 6.00. The van der Waals surface area contributed by atoms with Gasteiger partial charge in [-0.2, -0.15) is 0 Å². The number of fused-ring (bicyclic) bond motifs is 9. The van der Waals surface area contributed by atoms with Gasteiger partial charge >= 0.3 is 11.7 Å². The highest BCUT2D eigenvalue weighted by Gasteiger charge is 2.27. The van der Waals surface area contributed by atoms with Crippen molar-refractivity contribution in [3.63, 3.8) is 0 Å². The summed E-state index contributed by atoms with van der Waals surface area (Å²) in [6.07, 6.45) is 0. The molecule has 55 heavy (non-hydrogen) atoms. The normalized spacial score (nSPS) is 14.2. The standard InChI is InChI=1S/C51H31N3O/c1-3-13-32(14-4-1)34-17-11-18-36(29-34)50-52-49(33-15-5-2-6-16-33)53-51(54-50)37-26-28-44-45-24-12-23-38(48(45)55-47(44)31-37)35-25-27-43-41-21-8-7-19-39(41)40-20-9-10-22-42(40)46(43)30-35/h1-31H/p+1/i1D,3D,4D,13D,14D. The van der Waals surface area contributed by atoms with E-state index in [4.69, 9.17) is 20.9 Å². The van der Waals surface area contributed by atoms with Gasteiger partial charge in [0.15, 0.2) is 0 Å². The highest BCUT2D eigenvalue weighted by atomic mass is 16.3. The molecular formula is C51H32N3O+. The molecular weight excluding hydrogens is 671 g/mol. The zero-order chi connectivity index (χ0) is 40.6. The Morgan fingerprint density at radius 1 is 0.455 bits per heavy atom. The molecule has 1 aliphatic rings. The lowest BCUT2D eigenvalue weighted by Crippen LogP contribution is -2.38. The summed E-state index contributed by atoms with van der Waals surface area (Å²) in [4.78, 5) is 4.94. The van der Waals surface area contributed by atoms with E-state index in [0.29, 0.717) is 34.2 Å². The Bertz CT molecular complexity index is 3500. The largest absolute Gasteiger partial charge is 0.455 e. The molecule has 1 aromatic heterocycles. The average Bonchev–Trinajstić information content (AvgIpc) is 3.69. The summed E-state index contributed by atoms with van der Waals surface area (Å²) in [6, 6.07) is 51.5. The lowest BCUT2D eigenvalue weighted by atomic mass is 9.92. The fourth-order valence-electron chi connectivity index (χ4n) is 7.86. The van der Waals surface area contributed by atoms with E-state index in [1.54, 1.807) is 18.2 Å². The number of furan rings is 1. The van der Waals surface area contributed by atoms with Crippen LogP contribution >= 0.6 is 0 Å². The number of hydrogen-bond donors (Lipinski definition) is 1. The van der Waals surface area contributed by atoms with Crippen LogP contribution in [0.3, 0.4) is 0 Å². The van der Waals surface area contributed by atoms with Crippen molar-refractivity contribution >= 4 is 71.8 Å². The van der Waals surface area contributed by atoms with E-state index in [2.05, 4.69) is 96.3 Å². The van der Waals surface area contributed by atoms with E-state index in [0.717, 1.165) is 38.6 Å². The Morgan fingerprint density at radius 3 is 1.85 bits per heavy atom. The molecule has 1 N–H and O–H groups in total. The average molecular weight is 708 g/mol.